The van der Waals surface area contributed by atoms with Crippen molar-refractivity contribution in [1.29, 1.82) is 0 Å². The van der Waals surface area contributed by atoms with E-state index in [0.29, 0.717) is 11.1 Å². The lowest BCUT2D eigenvalue weighted by Gasteiger charge is -2.15. The van der Waals surface area contributed by atoms with Crippen LogP contribution in [-0.2, 0) is 14.3 Å². The van der Waals surface area contributed by atoms with Gasteiger partial charge in [0, 0.05) is 11.1 Å². The van der Waals surface area contributed by atoms with Gasteiger partial charge in [-0.2, -0.15) is 0 Å². The molecule has 0 bridgehead atoms. The highest BCUT2D eigenvalue weighted by molar-refractivity contribution is 6.13. The highest BCUT2D eigenvalue weighted by Crippen LogP contribution is 2.26. The molecule has 1 aliphatic rings. The highest BCUT2D eigenvalue weighted by Gasteiger charge is 2.18. The van der Waals surface area contributed by atoms with Crippen LogP contribution in [0.4, 0.5) is 0 Å². The summed E-state index contributed by atoms with van der Waals surface area (Å²) in [6.45, 7) is 0. The zero-order valence-corrected chi connectivity index (χ0v) is 17.9. The van der Waals surface area contributed by atoms with Gasteiger partial charge in [0.1, 0.15) is 0 Å². The molecular weight excluding hydrogens is 392 g/mol. The van der Waals surface area contributed by atoms with Gasteiger partial charge in [0.2, 0.25) is 0 Å². The largest absolute Gasteiger partial charge is 0.465 e. The molecule has 1 saturated carbocycles. The number of esters is 2. The van der Waals surface area contributed by atoms with Crippen LogP contribution >= 0.6 is 0 Å². The topological polar surface area (TPSA) is 69.7 Å². The van der Waals surface area contributed by atoms with Crippen molar-refractivity contribution >= 4 is 29.9 Å². The van der Waals surface area contributed by atoms with Gasteiger partial charge in [-0.25, -0.2) is 9.59 Å². The number of Topliss-reactive ketones (excluding diaryl/α,β-unsaturated/α-hetero) is 1. The fourth-order valence-electron chi connectivity index (χ4n) is 3.59. The molecule has 0 aliphatic heterocycles. The zero-order chi connectivity index (χ0) is 22.2. The van der Waals surface area contributed by atoms with E-state index in [-0.39, 0.29) is 17.7 Å². The van der Waals surface area contributed by atoms with Crippen molar-refractivity contribution < 1.29 is 23.9 Å². The Hall–Kier alpha value is -3.47. The molecule has 5 heteroatoms. The summed E-state index contributed by atoms with van der Waals surface area (Å²) in [5.41, 5.74) is 4.23. The van der Waals surface area contributed by atoms with Gasteiger partial charge in [-0.05, 0) is 73.2 Å². The van der Waals surface area contributed by atoms with E-state index in [4.69, 9.17) is 9.47 Å². The third kappa shape index (κ3) is 5.79. The first-order chi connectivity index (χ1) is 15.0. The standard InChI is InChI=1S/C26H26O5/c1-30-25(28)20-12-8-18(9-13-20)16-22-6-4-3-5-7-23(24(22)27)17-19-10-14-21(15-11-19)26(29)31-2/h8-17H,3-7H2,1-2H3. The van der Waals surface area contributed by atoms with Gasteiger partial charge in [-0.15, -0.1) is 0 Å². The molecule has 0 N–H and O–H groups in total. The van der Waals surface area contributed by atoms with Gasteiger partial charge < -0.3 is 9.47 Å². The normalized spacial score (nSPS) is 17.2. The Labute approximate surface area is 182 Å². The first kappa shape index (κ1) is 22.2. The molecule has 0 unspecified atom stereocenters. The highest BCUT2D eigenvalue weighted by atomic mass is 16.5. The van der Waals surface area contributed by atoms with Crippen LogP contribution in [0.25, 0.3) is 12.2 Å². The summed E-state index contributed by atoms with van der Waals surface area (Å²) in [4.78, 5) is 36.5. The van der Waals surface area contributed by atoms with Crippen LogP contribution in [0.1, 0.15) is 63.9 Å². The second-order valence-corrected chi connectivity index (χ2v) is 7.46. The van der Waals surface area contributed by atoms with E-state index in [1.165, 1.54) is 14.2 Å². The smallest absolute Gasteiger partial charge is 0.337 e. The van der Waals surface area contributed by atoms with E-state index in [1.807, 2.05) is 36.4 Å². The second-order valence-electron chi connectivity index (χ2n) is 7.46. The van der Waals surface area contributed by atoms with Crippen LogP contribution in [0.2, 0.25) is 0 Å². The lowest BCUT2D eigenvalue weighted by Crippen LogP contribution is -2.09. The molecule has 1 aliphatic carbocycles. The first-order valence-corrected chi connectivity index (χ1v) is 10.3. The summed E-state index contributed by atoms with van der Waals surface area (Å²) < 4.78 is 9.46. The molecule has 0 atom stereocenters. The third-order valence-corrected chi connectivity index (χ3v) is 5.32. The maximum Gasteiger partial charge on any atom is 0.337 e. The summed E-state index contributed by atoms with van der Waals surface area (Å²) in [6, 6.07) is 14.1. The van der Waals surface area contributed by atoms with Crippen molar-refractivity contribution in [2.75, 3.05) is 14.2 Å². The van der Waals surface area contributed by atoms with Gasteiger partial charge in [-0.1, -0.05) is 30.7 Å². The fraction of sp³-hybridized carbons (Fsp3) is 0.269. The van der Waals surface area contributed by atoms with Crippen molar-refractivity contribution in [2.45, 2.75) is 32.1 Å². The second kappa shape index (κ2) is 10.5. The predicted molar refractivity (Wildman–Crippen MR) is 120 cm³/mol. The summed E-state index contributed by atoms with van der Waals surface area (Å²) in [5.74, 6) is -0.719. The van der Waals surface area contributed by atoms with Crippen molar-refractivity contribution in [3.8, 4) is 0 Å². The van der Waals surface area contributed by atoms with Gasteiger partial charge in [0.25, 0.3) is 0 Å². The summed E-state index contributed by atoms with van der Waals surface area (Å²) >= 11 is 0. The molecule has 5 nitrogen and oxygen atoms in total. The Morgan fingerprint density at radius 2 is 1.06 bits per heavy atom. The number of ketones is 1. The van der Waals surface area contributed by atoms with E-state index in [2.05, 4.69) is 0 Å². The summed E-state index contributed by atoms with van der Waals surface area (Å²) in [5, 5.41) is 0. The fourth-order valence-corrected chi connectivity index (χ4v) is 3.59. The van der Waals surface area contributed by atoms with Gasteiger partial charge in [-0.3, -0.25) is 4.79 Å². The zero-order valence-electron chi connectivity index (χ0n) is 17.9. The molecule has 0 amide bonds. The lowest BCUT2D eigenvalue weighted by atomic mass is 9.89. The SMILES string of the molecule is COC(=O)c1ccc(C=C2CCCCCC(=Cc3ccc(C(=O)OC)cc3)C2=O)cc1. The van der Waals surface area contributed by atoms with E-state index >= 15 is 0 Å². The maximum absolute atomic E-state index is 13.3. The Kier molecular flexibility index (Phi) is 7.55. The van der Waals surface area contributed by atoms with Crippen LogP contribution in [0.3, 0.4) is 0 Å². The predicted octanol–water partition coefficient (Wildman–Crippen LogP) is 5.26. The molecule has 0 aromatic heterocycles. The number of rotatable bonds is 4. The molecule has 1 fully saturated rings. The number of carbonyl (C=O) groups is 3. The minimum Gasteiger partial charge on any atom is -0.465 e. The maximum atomic E-state index is 13.3. The molecular formula is C26H26O5. The number of carbonyl (C=O) groups excluding carboxylic acids is 3. The molecule has 0 heterocycles. The monoisotopic (exact) mass is 418 g/mol. The van der Waals surface area contributed by atoms with E-state index in [9.17, 15) is 14.4 Å². The summed E-state index contributed by atoms with van der Waals surface area (Å²) in [7, 11) is 2.70. The minimum atomic E-state index is -0.385. The van der Waals surface area contributed by atoms with Gasteiger partial charge >= 0.3 is 11.9 Å². The number of methoxy groups -OCH3 is 2. The van der Waals surface area contributed by atoms with Crippen LogP contribution in [0, 0.1) is 0 Å². The quantitative estimate of drug-likeness (QED) is 0.500. The Morgan fingerprint density at radius 3 is 1.42 bits per heavy atom. The van der Waals surface area contributed by atoms with Crippen molar-refractivity contribution in [2.24, 2.45) is 0 Å². The Morgan fingerprint density at radius 1 is 0.677 bits per heavy atom. The molecule has 160 valence electrons. The third-order valence-electron chi connectivity index (χ3n) is 5.32. The molecule has 0 saturated heterocycles. The molecule has 0 radical (unpaired) electrons. The number of ether oxygens (including phenoxy) is 2. The van der Waals surface area contributed by atoms with Crippen molar-refractivity contribution in [3.05, 3.63) is 81.9 Å². The average molecular weight is 418 g/mol. The first-order valence-electron chi connectivity index (χ1n) is 10.3. The number of allylic oxidation sites excluding steroid dienone is 2. The van der Waals surface area contributed by atoms with Crippen molar-refractivity contribution in [3.63, 3.8) is 0 Å². The molecule has 3 rings (SSSR count). The van der Waals surface area contributed by atoms with Crippen molar-refractivity contribution in [1.82, 2.24) is 0 Å². The minimum absolute atomic E-state index is 0.0498. The van der Waals surface area contributed by atoms with Crippen LogP contribution in [0.5, 0.6) is 0 Å². The van der Waals surface area contributed by atoms with Crippen LogP contribution in [-0.4, -0.2) is 31.9 Å². The Balaban J connectivity index is 1.86. The molecule has 0 spiro atoms. The van der Waals surface area contributed by atoms with Gasteiger partial charge in [0.15, 0.2) is 5.78 Å². The van der Waals surface area contributed by atoms with E-state index < -0.39 is 0 Å². The number of benzene rings is 2. The number of hydrogen-bond donors (Lipinski definition) is 0. The molecule has 2 aromatic carbocycles. The van der Waals surface area contributed by atoms with E-state index in [1.54, 1.807) is 24.3 Å². The lowest BCUT2D eigenvalue weighted by molar-refractivity contribution is -0.112. The van der Waals surface area contributed by atoms with E-state index in [0.717, 1.165) is 54.4 Å². The van der Waals surface area contributed by atoms with Crippen LogP contribution < -0.4 is 0 Å². The summed E-state index contributed by atoms with van der Waals surface area (Å²) in [6.07, 6.45) is 8.25. The van der Waals surface area contributed by atoms with Gasteiger partial charge in [0.05, 0.1) is 25.3 Å². The average Bonchev–Trinajstić information content (AvgIpc) is 2.80. The van der Waals surface area contributed by atoms with Crippen LogP contribution in [0.15, 0.2) is 59.7 Å². The molecule has 31 heavy (non-hydrogen) atoms. The molecule has 2 aromatic rings. The number of hydrogen-bond acceptors (Lipinski definition) is 5. The Bertz CT molecular complexity index is 929.